The van der Waals surface area contributed by atoms with Crippen molar-refractivity contribution >= 4 is 5.82 Å². The highest BCUT2D eigenvalue weighted by molar-refractivity contribution is 5.79. The summed E-state index contributed by atoms with van der Waals surface area (Å²) in [7, 11) is 0. The molecular formula is C18H25N3O2. The van der Waals surface area contributed by atoms with Crippen LogP contribution in [0.2, 0.25) is 0 Å². The molecule has 2 N–H and O–H groups in total. The van der Waals surface area contributed by atoms with Crippen LogP contribution >= 0.6 is 0 Å². The Kier molecular flexibility index (Phi) is 4.31. The Morgan fingerprint density at radius 2 is 1.61 bits per heavy atom. The minimum Gasteiger partial charge on any atom is -0.383 e. The smallest absolute Gasteiger partial charge is 0.276 e. The molecule has 5 heteroatoms. The van der Waals surface area contributed by atoms with E-state index in [1.807, 2.05) is 4.68 Å². The van der Waals surface area contributed by atoms with E-state index < -0.39 is 0 Å². The molecule has 2 aromatic rings. The predicted molar refractivity (Wildman–Crippen MR) is 92.9 cm³/mol. The van der Waals surface area contributed by atoms with Crippen LogP contribution in [0.3, 0.4) is 0 Å². The van der Waals surface area contributed by atoms with Crippen LogP contribution in [0.5, 0.6) is 0 Å². The normalized spacial score (nSPS) is 14.6. The molecule has 0 fully saturated rings. The molecule has 1 aliphatic heterocycles. The number of nitrogens with two attached hydrogens (primary N) is 1. The Hall–Kier alpha value is -2.01. The van der Waals surface area contributed by atoms with Crippen molar-refractivity contribution in [3.63, 3.8) is 0 Å². The molecule has 23 heavy (non-hydrogen) atoms. The molecular weight excluding hydrogens is 290 g/mol. The van der Waals surface area contributed by atoms with Gasteiger partial charge in [-0.2, -0.15) is 0 Å². The molecule has 0 saturated carbocycles. The van der Waals surface area contributed by atoms with Crippen molar-refractivity contribution in [2.24, 2.45) is 0 Å². The van der Waals surface area contributed by atoms with Crippen LogP contribution in [-0.4, -0.2) is 22.6 Å². The van der Waals surface area contributed by atoms with Crippen molar-refractivity contribution in [1.82, 2.24) is 9.36 Å². The van der Waals surface area contributed by atoms with Crippen LogP contribution < -0.4 is 11.3 Å². The minimum absolute atomic E-state index is 0.00116. The predicted octanol–water partition coefficient (Wildman–Crippen LogP) is 2.36. The number of nitrogens with zero attached hydrogens (tertiary/aromatic N) is 2. The van der Waals surface area contributed by atoms with E-state index in [2.05, 4.69) is 32.9 Å². The van der Waals surface area contributed by atoms with Crippen molar-refractivity contribution < 1.29 is 4.74 Å². The Balaban J connectivity index is 2.30. The lowest BCUT2D eigenvalue weighted by Crippen LogP contribution is -2.24. The van der Waals surface area contributed by atoms with Gasteiger partial charge in [0.2, 0.25) is 0 Å². The van der Waals surface area contributed by atoms with Crippen molar-refractivity contribution in [2.75, 3.05) is 18.9 Å². The van der Waals surface area contributed by atoms with E-state index in [9.17, 15) is 4.79 Å². The third-order valence-corrected chi connectivity index (χ3v) is 4.63. The summed E-state index contributed by atoms with van der Waals surface area (Å²) in [5, 5.41) is 0. The summed E-state index contributed by atoms with van der Waals surface area (Å²) in [4.78, 5) is 13.0. The van der Waals surface area contributed by atoms with Crippen LogP contribution in [0.15, 0.2) is 16.9 Å². The SMILES string of the molecule is CCc1cc(C)cc(CC)c1-c1c(N)n2n(c1=O)CCOCC2. The number of aryl methyl sites for hydroxylation is 3. The maximum absolute atomic E-state index is 13.0. The van der Waals surface area contributed by atoms with Gasteiger partial charge in [0.05, 0.1) is 31.9 Å². The van der Waals surface area contributed by atoms with Crippen molar-refractivity contribution in [1.29, 1.82) is 0 Å². The number of aromatic nitrogens is 2. The van der Waals surface area contributed by atoms with Crippen LogP contribution in [0.25, 0.3) is 11.1 Å². The molecule has 0 saturated heterocycles. The lowest BCUT2D eigenvalue weighted by molar-refractivity contribution is 0.137. The topological polar surface area (TPSA) is 62.2 Å². The lowest BCUT2D eigenvalue weighted by Gasteiger charge is -2.14. The second-order valence-electron chi connectivity index (χ2n) is 6.09. The standard InChI is InChI=1S/C18H25N3O2/c1-4-13-10-12(3)11-14(5-2)15(13)16-17(19)20-6-8-23-9-7-21(20)18(16)22/h10-11H,4-9,19H2,1-3H3. The average molecular weight is 315 g/mol. The van der Waals surface area contributed by atoms with E-state index in [1.165, 1.54) is 16.7 Å². The van der Waals surface area contributed by atoms with E-state index in [-0.39, 0.29) is 5.56 Å². The van der Waals surface area contributed by atoms with Crippen LogP contribution in [-0.2, 0) is 30.7 Å². The van der Waals surface area contributed by atoms with E-state index in [0.717, 1.165) is 18.4 Å². The highest BCUT2D eigenvalue weighted by atomic mass is 16.5. The van der Waals surface area contributed by atoms with Crippen molar-refractivity contribution in [2.45, 2.75) is 46.7 Å². The van der Waals surface area contributed by atoms with Crippen LogP contribution in [0.4, 0.5) is 5.82 Å². The number of rotatable bonds is 3. The third-order valence-electron chi connectivity index (χ3n) is 4.63. The van der Waals surface area contributed by atoms with Gasteiger partial charge in [0.15, 0.2) is 0 Å². The third kappa shape index (κ3) is 2.59. The summed E-state index contributed by atoms with van der Waals surface area (Å²) in [5.74, 6) is 0.564. The first-order chi connectivity index (χ1) is 11.1. The number of hydrogen-bond donors (Lipinski definition) is 1. The molecule has 1 aromatic heterocycles. The van der Waals surface area contributed by atoms with Crippen molar-refractivity contribution in [3.05, 3.63) is 39.2 Å². The maximum Gasteiger partial charge on any atom is 0.276 e. The molecule has 0 aliphatic carbocycles. The van der Waals surface area contributed by atoms with Gasteiger partial charge >= 0.3 is 0 Å². The highest BCUT2D eigenvalue weighted by Gasteiger charge is 2.24. The molecule has 5 nitrogen and oxygen atoms in total. The van der Waals surface area contributed by atoms with Gasteiger partial charge in [0.1, 0.15) is 5.82 Å². The van der Waals surface area contributed by atoms with Crippen molar-refractivity contribution in [3.8, 4) is 11.1 Å². The summed E-state index contributed by atoms with van der Waals surface area (Å²) >= 11 is 0. The van der Waals surface area contributed by atoms with Gasteiger partial charge in [-0.15, -0.1) is 0 Å². The van der Waals surface area contributed by atoms with Crippen LogP contribution in [0, 0.1) is 6.92 Å². The number of hydrogen-bond acceptors (Lipinski definition) is 3. The van der Waals surface area contributed by atoms with E-state index in [4.69, 9.17) is 10.5 Å². The zero-order valence-corrected chi connectivity index (χ0v) is 14.2. The molecule has 124 valence electrons. The fraction of sp³-hybridized carbons (Fsp3) is 0.500. The Bertz CT molecular complexity index is 761. The summed E-state index contributed by atoms with van der Waals surface area (Å²) in [6, 6.07) is 4.34. The number of benzene rings is 1. The van der Waals surface area contributed by atoms with Gasteiger partial charge in [0, 0.05) is 0 Å². The summed E-state index contributed by atoms with van der Waals surface area (Å²) in [5.41, 5.74) is 11.7. The second kappa shape index (κ2) is 6.24. The number of nitrogen functional groups attached to an aromatic ring is 1. The molecule has 0 unspecified atom stereocenters. The lowest BCUT2D eigenvalue weighted by atomic mass is 9.91. The van der Waals surface area contributed by atoms with Gasteiger partial charge in [0.25, 0.3) is 5.56 Å². The van der Waals surface area contributed by atoms with E-state index >= 15 is 0 Å². The largest absolute Gasteiger partial charge is 0.383 e. The maximum atomic E-state index is 13.0. The first kappa shape index (κ1) is 15.9. The molecule has 0 bridgehead atoms. The van der Waals surface area contributed by atoms with Gasteiger partial charge in [-0.1, -0.05) is 31.5 Å². The van der Waals surface area contributed by atoms with E-state index in [1.54, 1.807) is 4.68 Å². The Morgan fingerprint density at radius 3 is 2.17 bits per heavy atom. The Morgan fingerprint density at radius 1 is 1.04 bits per heavy atom. The zero-order valence-electron chi connectivity index (χ0n) is 14.2. The molecule has 0 atom stereocenters. The van der Waals surface area contributed by atoms with E-state index in [0.29, 0.717) is 37.7 Å². The number of ether oxygens (including phenoxy) is 1. The molecule has 1 aromatic carbocycles. The second-order valence-corrected chi connectivity index (χ2v) is 6.09. The molecule has 0 radical (unpaired) electrons. The summed E-state index contributed by atoms with van der Waals surface area (Å²) in [6.07, 6.45) is 1.77. The van der Waals surface area contributed by atoms with Crippen LogP contribution in [0.1, 0.15) is 30.5 Å². The summed E-state index contributed by atoms with van der Waals surface area (Å²) in [6.45, 7) is 8.67. The molecule has 1 aliphatic rings. The molecule has 2 heterocycles. The average Bonchev–Trinajstić information content (AvgIpc) is 2.74. The fourth-order valence-corrected chi connectivity index (χ4v) is 3.53. The van der Waals surface area contributed by atoms with Gasteiger partial charge in [-0.25, -0.2) is 4.68 Å². The first-order valence-electron chi connectivity index (χ1n) is 8.38. The number of fused-ring (bicyclic) bond motifs is 1. The first-order valence-corrected chi connectivity index (χ1v) is 8.38. The zero-order chi connectivity index (χ0) is 16.6. The molecule has 0 spiro atoms. The van der Waals surface area contributed by atoms with Gasteiger partial charge in [-0.05, 0) is 36.5 Å². The van der Waals surface area contributed by atoms with Gasteiger partial charge < -0.3 is 10.5 Å². The fourth-order valence-electron chi connectivity index (χ4n) is 3.53. The molecule has 0 amide bonds. The minimum atomic E-state index is 0.00116. The highest BCUT2D eigenvalue weighted by Crippen LogP contribution is 2.32. The Labute approximate surface area is 136 Å². The molecule has 3 rings (SSSR count). The number of anilines is 1. The summed E-state index contributed by atoms with van der Waals surface area (Å²) < 4.78 is 9.07. The van der Waals surface area contributed by atoms with Gasteiger partial charge in [-0.3, -0.25) is 9.48 Å². The monoisotopic (exact) mass is 315 g/mol. The quantitative estimate of drug-likeness (QED) is 0.946.